The van der Waals surface area contributed by atoms with Crippen LogP contribution in [-0.2, 0) is 4.79 Å². The Morgan fingerprint density at radius 2 is 1.88 bits per heavy atom. The van der Waals surface area contributed by atoms with Crippen LogP contribution in [0.4, 0.5) is 13.2 Å². The molecule has 0 heterocycles. The molecule has 0 aliphatic heterocycles. The fourth-order valence-electron chi connectivity index (χ4n) is 0.116. The van der Waals surface area contributed by atoms with Crippen LogP contribution in [0.1, 0.15) is 0 Å². The van der Waals surface area contributed by atoms with E-state index in [2.05, 4.69) is 5.73 Å². The zero-order chi connectivity index (χ0) is 6.78. The first-order chi connectivity index (χ1) is 3.48. The minimum Gasteiger partial charge on any atom is -0.324 e. The molecule has 5 heteroatoms. The van der Waals surface area contributed by atoms with E-state index in [4.69, 9.17) is 0 Å². The number of Topliss-reactive ketones (excluding diaryl/α,β-unsaturated/α-hetero) is 1. The van der Waals surface area contributed by atoms with Crippen molar-refractivity contribution in [1.82, 2.24) is 0 Å². The van der Waals surface area contributed by atoms with Gasteiger partial charge >= 0.3 is 6.18 Å². The van der Waals surface area contributed by atoms with Crippen LogP contribution in [0.3, 0.4) is 0 Å². The van der Waals surface area contributed by atoms with E-state index >= 15 is 0 Å². The molecule has 48 valence electrons. The summed E-state index contributed by atoms with van der Waals surface area (Å²) in [6.45, 7) is -0.969. The van der Waals surface area contributed by atoms with Gasteiger partial charge in [-0.2, -0.15) is 13.2 Å². The van der Waals surface area contributed by atoms with Crippen molar-refractivity contribution in [1.29, 1.82) is 0 Å². The Kier molecular flexibility index (Phi) is 1.97. The van der Waals surface area contributed by atoms with Crippen molar-refractivity contribution in [2.75, 3.05) is 6.54 Å². The minimum atomic E-state index is -4.76. The van der Waals surface area contributed by atoms with Crippen molar-refractivity contribution in [3.63, 3.8) is 0 Å². The Labute approximate surface area is 43.5 Å². The van der Waals surface area contributed by atoms with E-state index in [0.29, 0.717) is 0 Å². The smallest absolute Gasteiger partial charge is 0.324 e. The molecule has 2 N–H and O–H groups in total. The Morgan fingerprint density at radius 3 is 1.88 bits per heavy atom. The molecule has 0 aromatic rings. The maximum Gasteiger partial charge on any atom is 0.451 e. The third kappa shape index (κ3) is 1.92. The Hall–Kier alpha value is -0.580. The summed E-state index contributed by atoms with van der Waals surface area (Å²) < 4.78 is 33.1. The first-order valence-corrected chi connectivity index (χ1v) is 1.78. The summed E-state index contributed by atoms with van der Waals surface area (Å²) in [7, 11) is 0. The van der Waals surface area contributed by atoms with Crippen LogP contribution in [-0.4, -0.2) is 18.5 Å². The lowest BCUT2D eigenvalue weighted by Gasteiger charge is -1.99. The van der Waals surface area contributed by atoms with Crippen molar-refractivity contribution >= 4 is 5.78 Å². The molecular formula is C3H4F3NO. The van der Waals surface area contributed by atoms with Crippen LogP contribution in [0.2, 0.25) is 0 Å². The molecule has 0 aliphatic carbocycles. The first kappa shape index (κ1) is 7.42. The van der Waals surface area contributed by atoms with Gasteiger partial charge in [-0.05, 0) is 0 Å². The quantitative estimate of drug-likeness (QED) is 0.541. The third-order valence-corrected chi connectivity index (χ3v) is 0.502. The summed E-state index contributed by atoms with van der Waals surface area (Å²) in [5, 5.41) is 0. The molecule has 0 rings (SSSR count). The third-order valence-electron chi connectivity index (χ3n) is 0.502. The molecule has 0 unspecified atom stereocenters. The van der Waals surface area contributed by atoms with E-state index in [0.717, 1.165) is 0 Å². The SMILES string of the molecule is NCC(=O)C(F)(F)F. The average Bonchev–Trinajstić information content (AvgIpc) is 1.62. The summed E-state index contributed by atoms with van der Waals surface area (Å²) in [5.41, 5.74) is 4.39. The highest BCUT2D eigenvalue weighted by Crippen LogP contribution is 2.14. The molecule has 0 aromatic carbocycles. The Bertz CT molecular complexity index is 97.2. The molecule has 0 radical (unpaired) electrons. The molecule has 2 nitrogen and oxygen atoms in total. The maximum absolute atomic E-state index is 11.0. The van der Waals surface area contributed by atoms with Crippen LogP contribution in [0, 0.1) is 0 Å². The number of ketones is 1. The predicted molar refractivity (Wildman–Crippen MR) is 20.1 cm³/mol. The largest absolute Gasteiger partial charge is 0.451 e. The molecule has 0 fully saturated rings. The van der Waals surface area contributed by atoms with Gasteiger partial charge in [-0.15, -0.1) is 0 Å². The standard InChI is InChI=1S/C3H4F3NO/c4-3(5,6)2(8)1-7/h1,7H2. The predicted octanol–water partition coefficient (Wildman–Crippen LogP) is 0.0765. The van der Waals surface area contributed by atoms with Crippen LogP contribution in [0.25, 0.3) is 0 Å². The fraction of sp³-hybridized carbons (Fsp3) is 0.667. The van der Waals surface area contributed by atoms with Crippen LogP contribution in [0.5, 0.6) is 0 Å². The molecule has 0 amide bonds. The number of rotatable bonds is 1. The first-order valence-electron chi connectivity index (χ1n) is 1.78. The van der Waals surface area contributed by atoms with Crippen molar-refractivity contribution in [2.45, 2.75) is 6.18 Å². The molecule has 0 aromatic heterocycles. The van der Waals surface area contributed by atoms with Gasteiger partial charge in [-0.3, -0.25) is 4.79 Å². The van der Waals surface area contributed by atoms with Gasteiger partial charge in [0.2, 0.25) is 5.78 Å². The molecule has 0 aliphatic rings. The number of halogens is 3. The number of nitrogens with two attached hydrogens (primary N) is 1. The van der Waals surface area contributed by atoms with Crippen LogP contribution >= 0.6 is 0 Å². The average molecular weight is 127 g/mol. The van der Waals surface area contributed by atoms with Crippen molar-refractivity contribution in [2.24, 2.45) is 5.73 Å². The van der Waals surface area contributed by atoms with Gasteiger partial charge < -0.3 is 5.73 Å². The number of hydrogen-bond acceptors (Lipinski definition) is 2. The van der Waals surface area contributed by atoms with Crippen LogP contribution < -0.4 is 5.73 Å². The zero-order valence-electron chi connectivity index (χ0n) is 3.83. The molecule has 8 heavy (non-hydrogen) atoms. The summed E-state index contributed by atoms with van der Waals surface area (Å²) in [6, 6.07) is 0. The molecule has 0 spiro atoms. The van der Waals surface area contributed by atoms with Gasteiger partial charge in [0.15, 0.2) is 0 Å². The Morgan fingerprint density at radius 1 is 1.50 bits per heavy atom. The lowest BCUT2D eigenvalue weighted by molar-refractivity contribution is -0.169. The van der Waals surface area contributed by atoms with Gasteiger partial charge in [-0.25, -0.2) is 0 Å². The molecule has 0 saturated heterocycles. The zero-order valence-corrected chi connectivity index (χ0v) is 3.83. The van der Waals surface area contributed by atoms with E-state index < -0.39 is 18.5 Å². The van der Waals surface area contributed by atoms with Gasteiger partial charge in [0.25, 0.3) is 0 Å². The van der Waals surface area contributed by atoms with E-state index in [-0.39, 0.29) is 0 Å². The normalized spacial score (nSPS) is 11.5. The summed E-state index contributed by atoms with van der Waals surface area (Å²) in [4.78, 5) is 9.58. The number of carbonyl (C=O) groups is 1. The fourth-order valence-corrected chi connectivity index (χ4v) is 0.116. The van der Waals surface area contributed by atoms with Crippen LogP contribution in [0.15, 0.2) is 0 Å². The maximum atomic E-state index is 11.0. The number of carbonyl (C=O) groups excluding carboxylic acids is 1. The minimum absolute atomic E-state index is 0.969. The van der Waals surface area contributed by atoms with Crippen molar-refractivity contribution in [3.8, 4) is 0 Å². The summed E-state index contributed by atoms with van der Waals surface area (Å²) in [6.07, 6.45) is -4.76. The van der Waals surface area contributed by atoms with E-state index in [1.807, 2.05) is 0 Å². The highest BCUT2D eigenvalue weighted by molar-refractivity contribution is 5.85. The second-order valence-electron chi connectivity index (χ2n) is 1.13. The van der Waals surface area contributed by atoms with Gasteiger partial charge in [0.05, 0.1) is 6.54 Å². The topological polar surface area (TPSA) is 43.1 Å². The molecular weight excluding hydrogens is 123 g/mol. The van der Waals surface area contributed by atoms with Crippen molar-refractivity contribution < 1.29 is 18.0 Å². The molecule has 0 atom stereocenters. The Balaban J connectivity index is 3.82. The number of alkyl halides is 3. The van der Waals surface area contributed by atoms with E-state index in [1.54, 1.807) is 0 Å². The lowest BCUT2D eigenvalue weighted by atomic mass is 10.4. The lowest BCUT2D eigenvalue weighted by Crippen LogP contribution is -2.29. The molecule has 0 saturated carbocycles. The highest BCUT2D eigenvalue weighted by Gasteiger charge is 2.36. The summed E-state index contributed by atoms with van der Waals surface area (Å²) >= 11 is 0. The van der Waals surface area contributed by atoms with Gasteiger partial charge in [0.1, 0.15) is 0 Å². The second kappa shape index (κ2) is 2.13. The number of hydrogen-bond donors (Lipinski definition) is 1. The van der Waals surface area contributed by atoms with E-state index in [9.17, 15) is 18.0 Å². The highest BCUT2D eigenvalue weighted by atomic mass is 19.4. The molecule has 0 bridgehead atoms. The van der Waals surface area contributed by atoms with Gasteiger partial charge in [-0.1, -0.05) is 0 Å². The van der Waals surface area contributed by atoms with Gasteiger partial charge in [0, 0.05) is 0 Å². The van der Waals surface area contributed by atoms with E-state index in [1.165, 1.54) is 0 Å². The monoisotopic (exact) mass is 127 g/mol. The summed E-state index contributed by atoms with van der Waals surface area (Å²) in [5.74, 6) is -1.89. The van der Waals surface area contributed by atoms with Crippen molar-refractivity contribution in [3.05, 3.63) is 0 Å². The second-order valence-corrected chi connectivity index (χ2v) is 1.13.